The Hall–Kier alpha value is -2.40. The number of carbonyl (C=O) groups excluding carboxylic acids is 1. The molecular weight excluding hydrogens is 344 g/mol. The van der Waals surface area contributed by atoms with Gasteiger partial charge in [0.1, 0.15) is 0 Å². The molecule has 1 heterocycles. The van der Waals surface area contributed by atoms with E-state index in [4.69, 9.17) is 4.42 Å². The van der Waals surface area contributed by atoms with Crippen LogP contribution >= 0.6 is 11.8 Å². The van der Waals surface area contributed by atoms with Gasteiger partial charge in [-0.3, -0.25) is 4.79 Å². The second kappa shape index (κ2) is 7.46. The number of rotatable bonds is 5. The first-order valence-corrected chi connectivity index (χ1v) is 9.49. The lowest BCUT2D eigenvalue weighted by Crippen LogP contribution is -2.09. The van der Waals surface area contributed by atoms with Crippen molar-refractivity contribution in [3.8, 4) is 11.5 Å². The molecule has 0 aliphatic rings. The van der Waals surface area contributed by atoms with Gasteiger partial charge in [-0.25, -0.2) is 0 Å². The average molecular weight is 366 g/mol. The van der Waals surface area contributed by atoms with Gasteiger partial charge < -0.3 is 4.42 Å². The highest BCUT2D eigenvalue weighted by atomic mass is 32.2. The van der Waals surface area contributed by atoms with Gasteiger partial charge in [-0.15, -0.1) is 10.2 Å². The Kier molecular flexibility index (Phi) is 5.28. The number of hydrogen-bond acceptors (Lipinski definition) is 5. The summed E-state index contributed by atoms with van der Waals surface area (Å²) in [6.07, 6.45) is 0. The minimum atomic E-state index is 0.0865. The third-order valence-corrected chi connectivity index (χ3v) is 5.45. The molecule has 4 nitrogen and oxygen atoms in total. The van der Waals surface area contributed by atoms with Crippen LogP contribution in [0.25, 0.3) is 11.5 Å². The van der Waals surface area contributed by atoms with Crippen LogP contribution in [0.1, 0.15) is 38.2 Å². The number of Topliss-reactive ketones (excluding diaryl/α,β-unsaturated/α-hetero) is 1. The van der Waals surface area contributed by atoms with Crippen LogP contribution in [0, 0.1) is 34.6 Å². The maximum Gasteiger partial charge on any atom is 0.277 e. The minimum absolute atomic E-state index is 0.0865. The van der Waals surface area contributed by atoms with Crippen LogP contribution in [0.4, 0.5) is 0 Å². The Morgan fingerprint density at radius 3 is 2.50 bits per heavy atom. The van der Waals surface area contributed by atoms with E-state index in [0.29, 0.717) is 11.1 Å². The van der Waals surface area contributed by atoms with Gasteiger partial charge in [0.2, 0.25) is 5.89 Å². The molecule has 2 aromatic carbocycles. The Morgan fingerprint density at radius 1 is 1.00 bits per heavy atom. The molecular formula is C21H22N2O2S. The Balaban J connectivity index is 1.74. The number of thioether (sulfide) groups is 1. The lowest BCUT2D eigenvalue weighted by Gasteiger charge is -2.13. The van der Waals surface area contributed by atoms with E-state index in [1.807, 2.05) is 45.0 Å². The first kappa shape index (κ1) is 18.4. The Bertz CT molecular complexity index is 976. The van der Waals surface area contributed by atoms with Crippen molar-refractivity contribution >= 4 is 17.5 Å². The van der Waals surface area contributed by atoms with Crippen LogP contribution in [0.15, 0.2) is 40.0 Å². The van der Waals surface area contributed by atoms with Crippen LogP contribution in [0.5, 0.6) is 0 Å². The molecule has 0 atom stereocenters. The largest absolute Gasteiger partial charge is 0.411 e. The molecule has 134 valence electrons. The molecule has 1 aromatic heterocycles. The highest BCUT2D eigenvalue weighted by Crippen LogP contribution is 2.27. The number of hydrogen-bond donors (Lipinski definition) is 0. The van der Waals surface area contributed by atoms with E-state index in [9.17, 15) is 4.79 Å². The second-order valence-corrected chi connectivity index (χ2v) is 7.52. The minimum Gasteiger partial charge on any atom is -0.411 e. The van der Waals surface area contributed by atoms with Crippen molar-refractivity contribution in [2.75, 3.05) is 5.75 Å². The fraction of sp³-hybridized carbons (Fsp3) is 0.286. The zero-order valence-electron chi connectivity index (χ0n) is 15.7. The van der Waals surface area contributed by atoms with Gasteiger partial charge in [-0.2, -0.15) is 0 Å². The van der Waals surface area contributed by atoms with Crippen LogP contribution in [-0.2, 0) is 0 Å². The maximum absolute atomic E-state index is 12.7. The molecule has 0 aliphatic carbocycles. The predicted octanol–water partition coefficient (Wildman–Crippen LogP) is 5.25. The smallest absolute Gasteiger partial charge is 0.277 e. The van der Waals surface area contributed by atoms with Gasteiger partial charge in [-0.05, 0) is 69.0 Å². The molecule has 0 spiro atoms. The summed E-state index contributed by atoms with van der Waals surface area (Å²) in [7, 11) is 0. The van der Waals surface area contributed by atoms with Gasteiger partial charge in [-0.1, -0.05) is 35.5 Å². The zero-order valence-corrected chi connectivity index (χ0v) is 16.5. The summed E-state index contributed by atoms with van der Waals surface area (Å²) in [6, 6.07) is 9.97. The molecule has 5 heteroatoms. The van der Waals surface area contributed by atoms with E-state index < -0.39 is 0 Å². The lowest BCUT2D eigenvalue weighted by molar-refractivity contribution is 0.102. The summed E-state index contributed by atoms with van der Waals surface area (Å²) < 4.78 is 5.70. The monoisotopic (exact) mass is 366 g/mol. The highest BCUT2D eigenvalue weighted by Gasteiger charge is 2.17. The Labute approximate surface area is 158 Å². The summed E-state index contributed by atoms with van der Waals surface area (Å²) in [4.78, 5) is 12.7. The summed E-state index contributed by atoms with van der Waals surface area (Å²) in [6.45, 7) is 10.1. The predicted molar refractivity (Wildman–Crippen MR) is 105 cm³/mol. The van der Waals surface area contributed by atoms with Crippen LogP contribution in [0.3, 0.4) is 0 Å². The molecule has 3 aromatic rings. The first-order chi connectivity index (χ1) is 12.4. The van der Waals surface area contributed by atoms with Crippen molar-refractivity contribution in [2.24, 2.45) is 0 Å². The fourth-order valence-electron chi connectivity index (χ4n) is 3.08. The van der Waals surface area contributed by atoms with Crippen molar-refractivity contribution in [3.05, 3.63) is 63.7 Å². The average Bonchev–Trinajstić information content (AvgIpc) is 3.07. The van der Waals surface area contributed by atoms with E-state index in [2.05, 4.69) is 30.1 Å². The molecule has 0 N–H and O–H groups in total. The molecule has 0 amide bonds. The number of aromatic nitrogens is 2. The van der Waals surface area contributed by atoms with E-state index in [-0.39, 0.29) is 11.5 Å². The summed E-state index contributed by atoms with van der Waals surface area (Å²) in [5, 5.41) is 8.56. The van der Waals surface area contributed by atoms with E-state index in [1.165, 1.54) is 22.9 Å². The van der Waals surface area contributed by atoms with Gasteiger partial charge in [0, 0.05) is 11.1 Å². The number of ketones is 1. The molecule has 26 heavy (non-hydrogen) atoms. The molecule has 3 rings (SSSR count). The number of benzene rings is 2. The number of aryl methyl sites for hydroxylation is 3. The summed E-state index contributed by atoms with van der Waals surface area (Å²) in [5.74, 6) is 0.838. The van der Waals surface area contributed by atoms with Crippen molar-refractivity contribution in [1.82, 2.24) is 10.2 Å². The number of carbonyl (C=O) groups is 1. The zero-order chi connectivity index (χ0) is 18.8. The lowest BCUT2D eigenvalue weighted by atomic mass is 9.92. The van der Waals surface area contributed by atoms with Gasteiger partial charge in [0.25, 0.3) is 5.22 Å². The molecule has 0 fully saturated rings. The van der Waals surface area contributed by atoms with E-state index in [1.54, 1.807) is 0 Å². The van der Waals surface area contributed by atoms with Crippen molar-refractivity contribution < 1.29 is 9.21 Å². The second-order valence-electron chi connectivity index (χ2n) is 6.59. The molecule has 0 aliphatic heterocycles. The molecule has 0 radical (unpaired) electrons. The fourth-order valence-corrected chi connectivity index (χ4v) is 3.71. The number of nitrogens with zero attached hydrogens (tertiary/aromatic N) is 2. The molecule has 0 saturated carbocycles. The SMILES string of the molecule is Cc1cccc(-c2nnc(SCC(=O)c3c(C)cc(C)c(C)c3C)o2)c1. The molecule has 0 bridgehead atoms. The van der Waals surface area contributed by atoms with E-state index >= 15 is 0 Å². The van der Waals surface area contributed by atoms with Crippen LogP contribution in [0.2, 0.25) is 0 Å². The van der Waals surface area contributed by atoms with E-state index in [0.717, 1.165) is 27.8 Å². The summed E-state index contributed by atoms with van der Waals surface area (Å²) in [5.41, 5.74) is 7.27. The van der Waals surface area contributed by atoms with Crippen LogP contribution in [-0.4, -0.2) is 21.7 Å². The first-order valence-electron chi connectivity index (χ1n) is 8.50. The Morgan fingerprint density at radius 2 is 1.77 bits per heavy atom. The molecule has 0 unspecified atom stereocenters. The topological polar surface area (TPSA) is 56.0 Å². The van der Waals surface area contributed by atoms with Crippen LogP contribution < -0.4 is 0 Å². The van der Waals surface area contributed by atoms with Gasteiger partial charge in [0.15, 0.2) is 5.78 Å². The van der Waals surface area contributed by atoms with Gasteiger partial charge >= 0.3 is 0 Å². The van der Waals surface area contributed by atoms with Gasteiger partial charge in [0.05, 0.1) is 5.75 Å². The van der Waals surface area contributed by atoms with Crippen molar-refractivity contribution in [3.63, 3.8) is 0 Å². The third kappa shape index (κ3) is 3.73. The van der Waals surface area contributed by atoms with Crippen molar-refractivity contribution in [1.29, 1.82) is 0 Å². The summed E-state index contributed by atoms with van der Waals surface area (Å²) >= 11 is 1.28. The maximum atomic E-state index is 12.7. The van der Waals surface area contributed by atoms with Crippen molar-refractivity contribution in [2.45, 2.75) is 39.8 Å². The third-order valence-electron chi connectivity index (χ3n) is 4.63. The quantitative estimate of drug-likeness (QED) is 0.456. The highest BCUT2D eigenvalue weighted by molar-refractivity contribution is 7.99. The molecule has 0 saturated heterocycles. The standard InChI is InChI=1S/C21H22N2O2S/c1-12-7-6-8-17(9-12)20-22-23-21(25-20)26-11-18(24)19-14(3)10-13(2)15(4)16(19)5/h6-10H,11H2,1-5H3. The normalized spacial score (nSPS) is 11.0.